The van der Waals surface area contributed by atoms with Gasteiger partial charge in [0.25, 0.3) is 0 Å². The lowest BCUT2D eigenvalue weighted by molar-refractivity contribution is -0.137. The lowest BCUT2D eigenvalue weighted by Gasteiger charge is -2.31. The van der Waals surface area contributed by atoms with Crippen molar-refractivity contribution in [3.8, 4) is 5.75 Å². The SMILES string of the molecule is COc1cc([C@@H](N)C2CCC2)cc(C(F)(F)F)c1. The molecule has 5 heteroatoms. The fourth-order valence-electron chi connectivity index (χ4n) is 2.17. The monoisotopic (exact) mass is 259 g/mol. The standard InChI is InChI=1S/C13H16F3NO/c1-18-11-6-9(12(17)8-3-2-4-8)5-10(7-11)13(14,15)16/h5-8,12H,2-4,17H2,1H3/t12-/m0/s1. The summed E-state index contributed by atoms with van der Waals surface area (Å²) in [7, 11) is 1.36. The molecule has 2 rings (SSSR count). The fraction of sp³-hybridized carbons (Fsp3) is 0.538. The average molecular weight is 259 g/mol. The van der Waals surface area contributed by atoms with E-state index in [1.54, 1.807) is 6.07 Å². The van der Waals surface area contributed by atoms with Gasteiger partial charge in [0.05, 0.1) is 12.7 Å². The zero-order valence-electron chi connectivity index (χ0n) is 10.1. The van der Waals surface area contributed by atoms with Gasteiger partial charge in [0.15, 0.2) is 0 Å². The molecule has 0 amide bonds. The summed E-state index contributed by atoms with van der Waals surface area (Å²) in [6.45, 7) is 0. The van der Waals surface area contributed by atoms with Crippen LogP contribution in [-0.4, -0.2) is 7.11 Å². The summed E-state index contributed by atoms with van der Waals surface area (Å²) in [6.07, 6.45) is -1.30. The molecule has 18 heavy (non-hydrogen) atoms. The number of hydrogen-bond donors (Lipinski definition) is 1. The number of methoxy groups -OCH3 is 1. The third-order valence-corrected chi connectivity index (χ3v) is 3.53. The Balaban J connectivity index is 2.34. The summed E-state index contributed by atoms with van der Waals surface area (Å²) in [6, 6.07) is 3.38. The Morgan fingerprint density at radius 3 is 2.39 bits per heavy atom. The van der Waals surface area contributed by atoms with Crippen LogP contribution in [0.25, 0.3) is 0 Å². The Morgan fingerprint density at radius 1 is 1.28 bits per heavy atom. The van der Waals surface area contributed by atoms with Gasteiger partial charge >= 0.3 is 6.18 Å². The number of rotatable bonds is 3. The minimum absolute atomic E-state index is 0.203. The van der Waals surface area contributed by atoms with Gasteiger partial charge in [-0.05, 0) is 42.5 Å². The van der Waals surface area contributed by atoms with Crippen molar-refractivity contribution >= 4 is 0 Å². The molecule has 1 aromatic carbocycles. The summed E-state index contributed by atoms with van der Waals surface area (Å²) in [4.78, 5) is 0. The van der Waals surface area contributed by atoms with Crippen molar-refractivity contribution in [2.45, 2.75) is 31.5 Å². The van der Waals surface area contributed by atoms with Crippen molar-refractivity contribution in [3.63, 3.8) is 0 Å². The largest absolute Gasteiger partial charge is 0.497 e. The molecule has 1 saturated carbocycles. The molecule has 1 fully saturated rings. The van der Waals surface area contributed by atoms with E-state index in [0.717, 1.165) is 31.4 Å². The van der Waals surface area contributed by atoms with E-state index in [9.17, 15) is 13.2 Å². The van der Waals surface area contributed by atoms with Crippen LogP contribution in [-0.2, 0) is 6.18 Å². The number of alkyl halides is 3. The number of hydrogen-bond acceptors (Lipinski definition) is 2. The Morgan fingerprint density at radius 2 is 1.94 bits per heavy atom. The second-order valence-electron chi connectivity index (χ2n) is 4.71. The van der Waals surface area contributed by atoms with Crippen LogP contribution in [0.1, 0.15) is 36.4 Å². The second-order valence-corrected chi connectivity index (χ2v) is 4.71. The summed E-state index contributed by atoms with van der Waals surface area (Å²) in [5.41, 5.74) is 5.82. The molecule has 0 bridgehead atoms. The van der Waals surface area contributed by atoms with E-state index in [0.29, 0.717) is 5.56 Å². The molecule has 0 aromatic heterocycles. The van der Waals surface area contributed by atoms with Gasteiger partial charge in [-0.3, -0.25) is 0 Å². The fourth-order valence-corrected chi connectivity index (χ4v) is 2.17. The molecule has 100 valence electrons. The zero-order valence-corrected chi connectivity index (χ0v) is 10.1. The third-order valence-electron chi connectivity index (χ3n) is 3.53. The summed E-state index contributed by atoms with van der Waals surface area (Å²) < 4.78 is 43.2. The van der Waals surface area contributed by atoms with E-state index in [-0.39, 0.29) is 17.7 Å². The first kappa shape index (κ1) is 13.2. The van der Waals surface area contributed by atoms with Crippen LogP contribution >= 0.6 is 0 Å². The molecule has 0 aliphatic heterocycles. The van der Waals surface area contributed by atoms with Gasteiger partial charge in [-0.2, -0.15) is 13.2 Å². The first-order valence-electron chi connectivity index (χ1n) is 5.93. The van der Waals surface area contributed by atoms with Gasteiger partial charge in [0.2, 0.25) is 0 Å². The highest BCUT2D eigenvalue weighted by atomic mass is 19.4. The molecule has 2 nitrogen and oxygen atoms in total. The van der Waals surface area contributed by atoms with E-state index >= 15 is 0 Å². The Kier molecular flexibility index (Phi) is 3.52. The normalized spacial score (nSPS) is 18.3. The average Bonchev–Trinajstić information content (AvgIpc) is 2.24. The molecular formula is C13H16F3NO. The lowest BCUT2D eigenvalue weighted by atomic mass is 9.77. The molecule has 1 atom stereocenters. The maximum Gasteiger partial charge on any atom is 0.416 e. The van der Waals surface area contributed by atoms with Crippen molar-refractivity contribution in [3.05, 3.63) is 29.3 Å². The van der Waals surface area contributed by atoms with Crippen molar-refractivity contribution < 1.29 is 17.9 Å². The molecule has 0 spiro atoms. The molecule has 1 aromatic rings. The Hall–Kier alpha value is -1.23. The maximum absolute atomic E-state index is 12.7. The van der Waals surface area contributed by atoms with E-state index in [2.05, 4.69) is 0 Å². The highest BCUT2D eigenvalue weighted by Crippen LogP contribution is 2.39. The first-order chi connectivity index (χ1) is 8.41. The molecule has 0 unspecified atom stereocenters. The molecule has 0 saturated heterocycles. The number of nitrogens with two attached hydrogens (primary N) is 1. The third kappa shape index (κ3) is 2.61. The van der Waals surface area contributed by atoms with Crippen LogP contribution in [0.4, 0.5) is 13.2 Å². The van der Waals surface area contributed by atoms with Crippen LogP contribution < -0.4 is 10.5 Å². The van der Waals surface area contributed by atoms with Crippen LogP contribution in [0, 0.1) is 5.92 Å². The van der Waals surface area contributed by atoms with Crippen molar-refractivity contribution in [2.75, 3.05) is 7.11 Å². The topological polar surface area (TPSA) is 35.2 Å². The van der Waals surface area contributed by atoms with Gasteiger partial charge < -0.3 is 10.5 Å². The van der Waals surface area contributed by atoms with Crippen molar-refractivity contribution in [1.29, 1.82) is 0 Å². The van der Waals surface area contributed by atoms with Gasteiger partial charge in [0.1, 0.15) is 5.75 Å². The first-order valence-corrected chi connectivity index (χ1v) is 5.93. The molecule has 0 radical (unpaired) electrons. The maximum atomic E-state index is 12.7. The zero-order chi connectivity index (χ0) is 13.3. The molecular weight excluding hydrogens is 243 g/mol. The van der Waals surface area contributed by atoms with Crippen molar-refractivity contribution in [2.24, 2.45) is 11.7 Å². The number of halogens is 3. The minimum Gasteiger partial charge on any atom is -0.497 e. The van der Waals surface area contributed by atoms with Gasteiger partial charge in [-0.25, -0.2) is 0 Å². The Bertz CT molecular complexity index is 427. The van der Waals surface area contributed by atoms with Crippen LogP contribution in [0.15, 0.2) is 18.2 Å². The van der Waals surface area contributed by atoms with E-state index in [4.69, 9.17) is 10.5 Å². The number of benzene rings is 1. The second kappa shape index (κ2) is 4.80. The summed E-state index contributed by atoms with van der Waals surface area (Å²) >= 11 is 0. The van der Waals surface area contributed by atoms with Crippen molar-refractivity contribution in [1.82, 2.24) is 0 Å². The van der Waals surface area contributed by atoms with E-state index in [1.165, 1.54) is 7.11 Å². The van der Waals surface area contributed by atoms with Gasteiger partial charge in [0, 0.05) is 6.04 Å². The molecule has 1 aliphatic rings. The molecule has 0 heterocycles. The minimum atomic E-state index is -4.37. The quantitative estimate of drug-likeness (QED) is 0.901. The smallest absolute Gasteiger partial charge is 0.416 e. The van der Waals surface area contributed by atoms with Gasteiger partial charge in [-0.15, -0.1) is 0 Å². The predicted molar refractivity (Wildman–Crippen MR) is 62.3 cm³/mol. The van der Waals surface area contributed by atoms with Crippen LogP contribution in [0.2, 0.25) is 0 Å². The predicted octanol–water partition coefficient (Wildman–Crippen LogP) is 3.51. The lowest BCUT2D eigenvalue weighted by Crippen LogP contribution is -2.27. The number of ether oxygens (including phenoxy) is 1. The van der Waals surface area contributed by atoms with E-state index in [1.807, 2.05) is 0 Å². The van der Waals surface area contributed by atoms with Crippen LogP contribution in [0.3, 0.4) is 0 Å². The summed E-state index contributed by atoms with van der Waals surface area (Å²) in [5, 5.41) is 0. The van der Waals surface area contributed by atoms with E-state index < -0.39 is 11.7 Å². The highest BCUT2D eigenvalue weighted by molar-refractivity contribution is 5.37. The molecule has 1 aliphatic carbocycles. The van der Waals surface area contributed by atoms with Crippen LogP contribution in [0.5, 0.6) is 5.75 Å². The Labute approximate surface area is 104 Å². The molecule has 2 N–H and O–H groups in total. The highest BCUT2D eigenvalue weighted by Gasteiger charge is 2.33. The summed E-state index contributed by atoms with van der Waals surface area (Å²) in [5.74, 6) is 0.493. The van der Waals surface area contributed by atoms with Gasteiger partial charge in [-0.1, -0.05) is 6.42 Å².